The van der Waals surface area contributed by atoms with E-state index in [1.165, 1.54) is 17.3 Å². The molecule has 20 heavy (non-hydrogen) atoms. The van der Waals surface area contributed by atoms with Crippen LogP contribution in [0.5, 0.6) is 0 Å². The molecule has 0 fully saturated rings. The van der Waals surface area contributed by atoms with Crippen molar-refractivity contribution >= 4 is 17.7 Å². The van der Waals surface area contributed by atoms with Gasteiger partial charge in [0.2, 0.25) is 11.8 Å². The van der Waals surface area contributed by atoms with Gasteiger partial charge in [0.1, 0.15) is 0 Å². The van der Waals surface area contributed by atoms with Crippen LogP contribution in [0.1, 0.15) is 18.4 Å². The maximum Gasteiger partial charge on any atom is 0.307 e. The van der Waals surface area contributed by atoms with Gasteiger partial charge in [-0.25, -0.2) is 0 Å². The number of hydrogen-bond donors (Lipinski definition) is 1. The van der Waals surface area contributed by atoms with Gasteiger partial charge in [-0.15, -0.1) is 10.2 Å². The molecule has 106 valence electrons. The van der Waals surface area contributed by atoms with E-state index in [1.54, 1.807) is 6.92 Å². The molecular formula is C14H16N2O3S. The number of hydrogen-bond acceptors (Lipinski definition) is 5. The summed E-state index contributed by atoms with van der Waals surface area (Å²) in [6, 6.07) is 7.85. The van der Waals surface area contributed by atoms with Crippen LogP contribution in [0, 0.1) is 12.8 Å². The number of rotatable bonds is 6. The van der Waals surface area contributed by atoms with Crippen LogP contribution in [0.3, 0.4) is 0 Å². The van der Waals surface area contributed by atoms with Gasteiger partial charge in [0.15, 0.2) is 0 Å². The SMILES string of the molecule is Cc1ccc(-c2nnc(CSCC(C)C(=O)O)o2)cc1. The van der Waals surface area contributed by atoms with Gasteiger partial charge in [-0.05, 0) is 19.1 Å². The van der Waals surface area contributed by atoms with E-state index in [1.807, 2.05) is 31.2 Å². The molecule has 1 N–H and O–H groups in total. The molecule has 0 spiro atoms. The van der Waals surface area contributed by atoms with Gasteiger partial charge in [0, 0.05) is 11.3 Å². The molecule has 0 aliphatic heterocycles. The van der Waals surface area contributed by atoms with Crippen LogP contribution in [0.2, 0.25) is 0 Å². The second-order valence-electron chi connectivity index (χ2n) is 4.62. The fourth-order valence-corrected chi connectivity index (χ4v) is 2.42. The van der Waals surface area contributed by atoms with E-state index in [0.29, 0.717) is 23.3 Å². The highest BCUT2D eigenvalue weighted by Gasteiger charge is 2.12. The van der Waals surface area contributed by atoms with Crippen molar-refractivity contribution in [2.24, 2.45) is 5.92 Å². The maximum absolute atomic E-state index is 10.7. The Balaban J connectivity index is 1.92. The highest BCUT2D eigenvalue weighted by molar-refractivity contribution is 7.98. The predicted octanol–water partition coefficient (Wildman–Crippen LogP) is 3.00. The second-order valence-corrected chi connectivity index (χ2v) is 5.65. The topological polar surface area (TPSA) is 76.2 Å². The Kier molecular flexibility index (Phi) is 4.79. The van der Waals surface area contributed by atoms with E-state index in [-0.39, 0.29) is 5.92 Å². The van der Waals surface area contributed by atoms with E-state index in [0.717, 1.165) is 5.56 Å². The standard InChI is InChI=1S/C14H16N2O3S/c1-9-3-5-11(6-4-9)13-16-15-12(19-13)8-20-7-10(2)14(17)18/h3-6,10H,7-8H2,1-2H3,(H,17,18). The number of carboxylic acid groups (broad SMARTS) is 1. The van der Waals surface area contributed by atoms with Gasteiger partial charge in [0.25, 0.3) is 0 Å². The smallest absolute Gasteiger partial charge is 0.307 e. The van der Waals surface area contributed by atoms with Gasteiger partial charge in [0.05, 0.1) is 11.7 Å². The lowest BCUT2D eigenvalue weighted by atomic mass is 10.1. The summed E-state index contributed by atoms with van der Waals surface area (Å²) in [5.74, 6) is 0.895. The Labute approximate surface area is 121 Å². The summed E-state index contributed by atoms with van der Waals surface area (Å²) in [4.78, 5) is 10.7. The zero-order chi connectivity index (χ0) is 14.5. The Morgan fingerprint density at radius 1 is 1.35 bits per heavy atom. The number of benzene rings is 1. The quantitative estimate of drug-likeness (QED) is 0.882. The first-order chi connectivity index (χ1) is 9.56. The third-order valence-electron chi connectivity index (χ3n) is 2.78. The lowest BCUT2D eigenvalue weighted by molar-refractivity contribution is -0.140. The number of aryl methyl sites for hydroxylation is 1. The number of thioether (sulfide) groups is 1. The van der Waals surface area contributed by atoms with Crippen LogP contribution in [0.25, 0.3) is 11.5 Å². The van der Waals surface area contributed by atoms with Crippen LogP contribution in [-0.4, -0.2) is 27.0 Å². The lowest BCUT2D eigenvalue weighted by Gasteiger charge is -2.03. The first-order valence-corrected chi connectivity index (χ1v) is 7.41. The number of carboxylic acids is 1. The first kappa shape index (κ1) is 14.6. The number of carbonyl (C=O) groups is 1. The average molecular weight is 292 g/mol. The molecule has 0 aliphatic rings. The van der Waals surface area contributed by atoms with E-state index >= 15 is 0 Å². The van der Waals surface area contributed by atoms with Gasteiger partial charge >= 0.3 is 5.97 Å². The third-order valence-corrected chi connectivity index (χ3v) is 3.97. The summed E-state index contributed by atoms with van der Waals surface area (Å²) >= 11 is 1.48. The third kappa shape index (κ3) is 3.84. The Bertz CT molecular complexity index is 580. The highest BCUT2D eigenvalue weighted by atomic mass is 32.2. The van der Waals surface area contributed by atoms with Crippen molar-refractivity contribution in [1.29, 1.82) is 0 Å². The summed E-state index contributed by atoms with van der Waals surface area (Å²) in [7, 11) is 0. The Morgan fingerprint density at radius 3 is 2.70 bits per heavy atom. The molecule has 0 amide bonds. The highest BCUT2D eigenvalue weighted by Crippen LogP contribution is 2.21. The van der Waals surface area contributed by atoms with Crippen LogP contribution >= 0.6 is 11.8 Å². The zero-order valence-electron chi connectivity index (χ0n) is 11.4. The predicted molar refractivity (Wildman–Crippen MR) is 77.4 cm³/mol. The molecule has 1 aromatic heterocycles. The van der Waals surface area contributed by atoms with Gasteiger partial charge in [-0.2, -0.15) is 11.8 Å². The van der Waals surface area contributed by atoms with Crippen molar-refractivity contribution in [2.75, 3.05) is 5.75 Å². The van der Waals surface area contributed by atoms with E-state index < -0.39 is 5.97 Å². The molecular weight excluding hydrogens is 276 g/mol. The Morgan fingerprint density at radius 2 is 2.05 bits per heavy atom. The second kappa shape index (κ2) is 6.56. The molecule has 1 atom stereocenters. The summed E-state index contributed by atoms with van der Waals surface area (Å²) in [6.07, 6.45) is 0. The zero-order valence-corrected chi connectivity index (χ0v) is 12.2. The summed E-state index contributed by atoms with van der Waals surface area (Å²) in [5, 5.41) is 16.8. The first-order valence-electron chi connectivity index (χ1n) is 6.26. The van der Waals surface area contributed by atoms with Crippen molar-refractivity contribution in [3.05, 3.63) is 35.7 Å². The molecule has 1 unspecified atom stereocenters. The fourth-order valence-electron chi connectivity index (χ4n) is 1.52. The van der Waals surface area contributed by atoms with Crippen LogP contribution in [0.15, 0.2) is 28.7 Å². The van der Waals surface area contributed by atoms with Crippen molar-refractivity contribution in [2.45, 2.75) is 19.6 Å². The van der Waals surface area contributed by atoms with Crippen LogP contribution in [0.4, 0.5) is 0 Å². The molecule has 0 aliphatic carbocycles. The van der Waals surface area contributed by atoms with Gasteiger partial charge in [-0.3, -0.25) is 4.79 Å². The normalized spacial score (nSPS) is 12.3. The molecule has 2 aromatic rings. The molecule has 1 heterocycles. The van der Waals surface area contributed by atoms with E-state index in [4.69, 9.17) is 9.52 Å². The minimum Gasteiger partial charge on any atom is -0.481 e. The minimum atomic E-state index is -0.789. The van der Waals surface area contributed by atoms with Crippen LogP contribution in [-0.2, 0) is 10.5 Å². The van der Waals surface area contributed by atoms with Crippen molar-refractivity contribution in [3.8, 4) is 11.5 Å². The van der Waals surface area contributed by atoms with Crippen LogP contribution < -0.4 is 0 Å². The molecule has 2 rings (SSSR count). The number of aromatic nitrogens is 2. The molecule has 1 aromatic carbocycles. The van der Waals surface area contributed by atoms with Gasteiger partial charge in [-0.1, -0.05) is 24.6 Å². The molecule has 0 radical (unpaired) electrons. The van der Waals surface area contributed by atoms with Crippen molar-refractivity contribution < 1.29 is 14.3 Å². The maximum atomic E-state index is 10.7. The average Bonchev–Trinajstić information content (AvgIpc) is 2.88. The summed E-state index contributed by atoms with van der Waals surface area (Å²) in [6.45, 7) is 3.70. The number of aliphatic carboxylic acids is 1. The molecule has 6 heteroatoms. The Hall–Kier alpha value is -1.82. The summed E-state index contributed by atoms with van der Waals surface area (Å²) in [5.41, 5.74) is 2.06. The van der Waals surface area contributed by atoms with E-state index in [9.17, 15) is 4.79 Å². The monoisotopic (exact) mass is 292 g/mol. The molecule has 0 saturated carbocycles. The molecule has 5 nitrogen and oxygen atoms in total. The van der Waals surface area contributed by atoms with E-state index in [2.05, 4.69) is 10.2 Å². The lowest BCUT2D eigenvalue weighted by Crippen LogP contribution is -2.11. The number of nitrogens with zero attached hydrogens (tertiary/aromatic N) is 2. The van der Waals surface area contributed by atoms with Crippen molar-refractivity contribution in [3.63, 3.8) is 0 Å². The molecule has 0 bridgehead atoms. The minimum absolute atomic E-state index is 0.375. The van der Waals surface area contributed by atoms with Gasteiger partial charge < -0.3 is 9.52 Å². The van der Waals surface area contributed by atoms with Crippen molar-refractivity contribution in [1.82, 2.24) is 10.2 Å². The summed E-state index contributed by atoms with van der Waals surface area (Å²) < 4.78 is 5.56. The molecule has 0 saturated heterocycles. The largest absolute Gasteiger partial charge is 0.481 e. The fraction of sp³-hybridized carbons (Fsp3) is 0.357.